The van der Waals surface area contributed by atoms with E-state index in [1.54, 1.807) is 25.7 Å². The minimum atomic E-state index is -0.186. The Bertz CT molecular complexity index is 5950. The molecule has 0 bridgehead atoms. The SMILES string of the molecule is COc1ncc(-c2cccc(C)n2)cn1.Cc1cccc(-c2ccc3[nH]c(=O)[nH]c3c2)n1.Cc1cccc(-c2ccc3[nH]ccc3c2)n1.Cc1cccc(-c2ccc3[nH]ncc3c2)n1.Cc1cccc(-c2ccc3c[nH]cc3c2)n1.Cc1cccc(-c2ccn3ccnc3c2)n1.Cc1cccc(-c2cnc3[nH]ccc3c2)n1. The van der Waals surface area contributed by atoms with E-state index in [4.69, 9.17) is 4.74 Å². The largest absolute Gasteiger partial charge is 0.467 e. The number of rotatable bonds is 8. The summed E-state index contributed by atoms with van der Waals surface area (Å²) >= 11 is 0. The Morgan fingerprint density at radius 3 is 1.30 bits per heavy atom. The van der Waals surface area contributed by atoms with Crippen molar-refractivity contribution in [2.45, 2.75) is 48.5 Å². The first-order valence-electron chi connectivity index (χ1n) is 36.2. The Hall–Kier alpha value is -15.0. The average Bonchev–Trinajstić information content (AvgIpc) is 1.13. The van der Waals surface area contributed by atoms with Crippen molar-refractivity contribution in [1.82, 2.24) is 94.3 Å². The molecular formula is C91H79N19O2. The highest BCUT2D eigenvalue weighted by atomic mass is 16.5. The molecule has 0 amide bonds. The molecule has 6 N–H and O–H groups in total. The predicted octanol–water partition coefficient (Wildman–Crippen LogP) is 19.7. The third-order valence-electron chi connectivity index (χ3n) is 18.0. The van der Waals surface area contributed by atoms with Crippen LogP contribution in [0.1, 0.15) is 39.9 Å². The maximum Gasteiger partial charge on any atom is 0.323 e. The molecule has 0 unspecified atom stereocenters. The molecule has 0 atom stereocenters. The fourth-order valence-electron chi connectivity index (χ4n) is 12.3. The number of hydrogen-bond donors (Lipinski definition) is 6. The van der Waals surface area contributed by atoms with E-state index in [2.05, 4.69) is 157 Å². The van der Waals surface area contributed by atoms with E-state index in [-0.39, 0.29) is 5.69 Å². The second-order valence-electron chi connectivity index (χ2n) is 26.4. The highest BCUT2D eigenvalue weighted by Gasteiger charge is 2.10. The zero-order chi connectivity index (χ0) is 77.3. The van der Waals surface area contributed by atoms with Crippen molar-refractivity contribution in [3.63, 3.8) is 0 Å². The minimum absolute atomic E-state index is 0.186. The fraction of sp³-hybridized carbons (Fsp3) is 0.0879. The van der Waals surface area contributed by atoms with E-state index in [9.17, 15) is 4.79 Å². The molecule has 16 heterocycles. The number of ether oxygens (including phenoxy) is 1. The summed E-state index contributed by atoms with van der Waals surface area (Å²) in [4.78, 5) is 74.0. The number of fused-ring (bicyclic) bond motifs is 6. The number of aromatic amines is 6. The molecule has 20 rings (SSSR count). The van der Waals surface area contributed by atoms with Crippen molar-refractivity contribution in [3.8, 4) is 84.8 Å². The molecule has 0 aliphatic heterocycles. The van der Waals surface area contributed by atoms with Crippen molar-refractivity contribution in [3.05, 3.63) is 349 Å². The molecule has 0 saturated carbocycles. The van der Waals surface area contributed by atoms with Crippen molar-refractivity contribution < 1.29 is 4.74 Å². The summed E-state index contributed by atoms with van der Waals surface area (Å²) in [6.45, 7) is 13.9. The number of nitrogens with zero attached hydrogens (tertiary/aromatic N) is 13. The molecule has 0 aliphatic carbocycles. The number of hydrogen-bond acceptors (Lipinski definition) is 14. The maximum atomic E-state index is 11.2. The van der Waals surface area contributed by atoms with Crippen LogP contribution in [0.25, 0.3) is 139 Å². The third-order valence-corrected chi connectivity index (χ3v) is 18.0. The van der Waals surface area contributed by atoms with E-state index >= 15 is 0 Å². The van der Waals surface area contributed by atoms with Crippen LogP contribution in [0.5, 0.6) is 6.01 Å². The van der Waals surface area contributed by atoms with Crippen LogP contribution in [-0.2, 0) is 0 Å². The molecule has 16 aromatic heterocycles. The molecule has 21 heteroatoms. The van der Waals surface area contributed by atoms with Gasteiger partial charge in [0.1, 0.15) is 11.3 Å². The van der Waals surface area contributed by atoms with Gasteiger partial charge in [-0.15, -0.1) is 0 Å². The van der Waals surface area contributed by atoms with Crippen molar-refractivity contribution >= 4 is 60.3 Å². The minimum Gasteiger partial charge on any atom is -0.467 e. The van der Waals surface area contributed by atoms with Crippen LogP contribution in [0, 0.1) is 48.5 Å². The number of aromatic nitrogens is 19. The fourth-order valence-corrected chi connectivity index (χ4v) is 12.3. The highest BCUT2D eigenvalue weighted by molar-refractivity contribution is 5.88. The first-order chi connectivity index (χ1) is 54.6. The Morgan fingerprint density at radius 2 is 0.759 bits per heavy atom. The Morgan fingerprint density at radius 1 is 0.330 bits per heavy atom. The zero-order valence-electron chi connectivity index (χ0n) is 62.9. The number of nitrogens with one attached hydrogen (secondary N) is 6. The number of aryl methyl sites for hydroxylation is 7. The van der Waals surface area contributed by atoms with E-state index in [1.807, 2.05) is 266 Å². The smallest absolute Gasteiger partial charge is 0.323 e. The van der Waals surface area contributed by atoms with Crippen molar-refractivity contribution in [2.24, 2.45) is 0 Å². The maximum absolute atomic E-state index is 11.2. The molecular weight excluding hydrogens is 1390 g/mol. The van der Waals surface area contributed by atoms with Crippen LogP contribution in [0.3, 0.4) is 0 Å². The van der Waals surface area contributed by atoms with Gasteiger partial charge in [-0.2, -0.15) is 5.10 Å². The Labute approximate surface area is 645 Å². The van der Waals surface area contributed by atoms with Crippen molar-refractivity contribution in [1.29, 1.82) is 0 Å². The van der Waals surface area contributed by atoms with E-state index < -0.39 is 0 Å². The van der Waals surface area contributed by atoms with E-state index in [0.717, 1.165) is 163 Å². The van der Waals surface area contributed by atoms with Gasteiger partial charge >= 0.3 is 11.7 Å². The van der Waals surface area contributed by atoms with Crippen LogP contribution in [0.4, 0.5) is 0 Å². The van der Waals surface area contributed by atoms with Gasteiger partial charge in [0.2, 0.25) is 0 Å². The lowest BCUT2D eigenvalue weighted by Gasteiger charge is -2.02. The molecule has 112 heavy (non-hydrogen) atoms. The molecule has 0 saturated heterocycles. The second kappa shape index (κ2) is 34.7. The quantitative estimate of drug-likeness (QED) is 0.0825. The van der Waals surface area contributed by atoms with Crippen LogP contribution >= 0.6 is 0 Å². The van der Waals surface area contributed by atoms with Gasteiger partial charge in [0.25, 0.3) is 0 Å². The van der Waals surface area contributed by atoms with Gasteiger partial charge in [0.15, 0.2) is 0 Å². The van der Waals surface area contributed by atoms with Gasteiger partial charge in [0.05, 0.1) is 69.7 Å². The average molecular weight is 1470 g/mol. The van der Waals surface area contributed by atoms with Gasteiger partial charge in [-0.25, -0.2) is 24.7 Å². The first kappa shape index (κ1) is 73.9. The lowest BCUT2D eigenvalue weighted by atomic mass is 10.1. The lowest BCUT2D eigenvalue weighted by Crippen LogP contribution is -1.99. The molecule has 21 nitrogen and oxygen atoms in total. The third kappa shape index (κ3) is 18.9. The van der Waals surface area contributed by atoms with Crippen LogP contribution in [0.15, 0.2) is 303 Å². The monoisotopic (exact) mass is 1470 g/mol. The van der Waals surface area contributed by atoms with Gasteiger partial charge in [-0.05, 0) is 217 Å². The molecule has 0 aliphatic rings. The van der Waals surface area contributed by atoms with Gasteiger partial charge in [0, 0.05) is 162 Å². The number of methoxy groups -OCH3 is 1. The van der Waals surface area contributed by atoms with Gasteiger partial charge < -0.3 is 34.1 Å². The van der Waals surface area contributed by atoms with Gasteiger partial charge in [-0.3, -0.25) is 40.0 Å². The summed E-state index contributed by atoms with van der Waals surface area (Å²) in [6.07, 6.45) is 20.7. The van der Waals surface area contributed by atoms with E-state index in [1.165, 1.54) is 16.2 Å². The topological polar surface area (TPSA) is 280 Å². The number of H-pyrrole nitrogens is 6. The molecule has 0 fully saturated rings. The Balaban J connectivity index is 0.000000109. The number of imidazole rings is 2. The summed E-state index contributed by atoms with van der Waals surface area (Å²) in [7, 11) is 1.54. The first-order valence-corrected chi connectivity index (χ1v) is 36.2. The summed E-state index contributed by atoms with van der Waals surface area (Å²) in [5.41, 5.74) is 26.9. The normalized spacial score (nSPS) is 10.7. The number of pyridine rings is 9. The van der Waals surface area contributed by atoms with Gasteiger partial charge in [-0.1, -0.05) is 72.8 Å². The molecule has 4 aromatic carbocycles. The standard InChI is InChI=1S/2C14H12N2.C13H11N3O.3C13H11N3.C11H11N3O/c1-10-3-2-4-14(16-10)11-5-6-12-8-15-9-13(12)7-11;1-10-3-2-4-14(16-10)11-5-6-13-12(9-11)7-8-15-13;1-8-3-2-4-10(14-8)9-5-6-11-12(7-9)16-13(17)15-11;1-10-3-2-4-12(15-10)11-5-7-16-8-6-14-13(16)9-11;1-9-3-2-4-12(16-9)11-7-10-5-6-14-13(10)15-8-11;1-9-3-2-4-12(15-9)10-5-6-13-11(7-10)8-14-16-13;1-8-4-3-5-10(14-8)9-6-12-11(15-2)13-7-9/h2*2-9,15H,1H3;2-7H,1H3,(H2,15,16,17);2-9H,1H3;2-8H,1H3,(H,14,15);2-8H,1H3,(H,14,16);3-7H,1-2H3. The molecule has 550 valence electrons. The Kier molecular flexibility index (Phi) is 22.9. The molecule has 20 aromatic rings. The predicted molar refractivity (Wildman–Crippen MR) is 447 cm³/mol. The second-order valence-corrected chi connectivity index (χ2v) is 26.4. The number of benzene rings is 4. The summed E-state index contributed by atoms with van der Waals surface area (Å²) in [6, 6.07) is 77.3. The lowest BCUT2D eigenvalue weighted by molar-refractivity contribution is 0.380. The highest BCUT2D eigenvalue weighted by Crippen LogP contribution is 2.28. The van der Waals surface area contributed by atoms with Crippen LogP contribution in [0.2, 0.25) is 0 Å². The van der Waals surface area contributed by atoms with E-state index in [0.29, 0.717) is 6.01 Å². The van der Waals surface area contributed by atoms with Crippen LogP contribution < -0.4 is 10.4 Å². The van der Waals surface area contributed by atoms with Crippen LogP contribution in [-0.4, -0.2) is 101 Å². The summed E-state index contributed by atoms with van der Waals surface area (Å²) in [5.74, 6) is 0. The zero-order valence-corrected chi connectivity index (χ0v) is 62.9. The summed E-state index contributed by atoms with van der Waals surface area (Å²) in [5, 5.41) is 12.8. The summed E-state index contributed by atoms with van der Waals surface area (Å²) < 4.78 is 6.87. The molecule has 0 spiro atoms. The van der Waals surface area contributed by atoms with Crippen molar-refractivity contribution in [2.75, 3.05) is 7.11 Å². The molecule has 0 radical (unpaired) electrons.